The van der Waals surface area contributed by atoms with Gasteiger partial charge < -0.3 is 15.1 Å². The van der Waals surface area contributed by atoms with Crippen molar-refractivity contribution in [2.75, 3.05) is 6.54 Å². The van der Waals surface area contributed by atoms with Crippen LogP contribution < -0.4 is 10.6 Å². The molecule has 0 aliphatic heterocycles. The fraction of sp³-hybridized carbons (Fsp3) is 0.294. The van der Waals surface area contributed by atoms with Gasteiger partial charge in [0.25, 0.3) is 0 Å². The highest BCUT2D eigenvalue weighted by Gasteiger charge is 2.10. The number of rotatable bonds is 5. The molecule has 0 bridgehead atoms. The van der Waals surface area contributed by atoms with Crippen molar-refractivity contribution in [2.24, 2.45) is 4.99 Å². The molecule has 2 aromatic heterocycles. The molecule has 0 unspecified atom stereocenters. The Morgan fingerprint density at radius 1 is 1.26 bits per heavy atom. The zero-order chi connectivity index (χ0) is 16.1. The Morgan fingerprint density at radius 2 is 2.13 bits per heavy atom. The second kappa shape index (κ2) is 7.00. The number of aryl methyl sites for hydroxylation is 1. The van der Waals surface area contributed by atoms with Crippen LogP contribution in [-0.4, -0.2) is 22.7 Å². The van der Waals surface area contributed by atoms with Crippen LogP contribution in [0.1, 0.15) is 23.9 Å². The number of nitrogens with one attached hydrogen (secondary N) is 3. The fourth-order valence-electron chi connectivity index (χ4n) is 2.44. The van der Waals surface area contributed by atoms with Gasteiger partial charge in [0, 0.05) is 23.7 Å². The summed E-state index contributed by atoms with van der Waals surface area (Å²) in [5.41, 5.74) is 3.06. The Balaban J connectivity index is 1.70. The molecule has 0 amide bonds. The van der Waals surface area contributed by atoms with E-state index in [1.165, 1.54) is 0 Å². The molecule has 0 atom stereocenters. The summed E-state index contributed by atoms with van der Waals surface area (Å²) in [6, 6.07) is 9.99. The number of guanidine groups is 1. The second-order valence-electron chi connectivity index (χ2n) is 5.28. The van der Waals surface area contributed by atoms with Gasteiger partial charge in [-0.25, -0.2) is 4.99 Å². The third-order valence-corrected chi connectivity index (χ3v) is 3.67. The van der Waals surface area contributed by atoms with Crippen molar-refractivity contribution in [1.82, 2.24) is 20.8 Å². The molecule has 2 heterocycles. The predicted octanol–water partition coefficient (Wildman–Crippen LogP) is 2.72. The SMILES string of the molecule is CCNC(=NCc1ccn[nH]1)NCc1oc2ccccc2c1C. The third-order valence-electron chi connectivity index (χ3n) is 3.67. The third kappa shape index (κ3) is 3.53. The van der Waals surface area contributed by atoms with Gasteiger partial charge in [-0.05, 0) is 26.0 Å². The topological polar surface area (TPSA) is 78.2 Å². The van der Waals surface area contributed by atoms with E-state index in [0.717, 1.165) is 40.5 Å². The molecule has 0 saturated heterocycles. The Labute approximate surface area is 135 Å². The molecule has 0 radical (unpaired) electrons. The zero-order valence-electron chi connectivity index (χ0n) is 13.4. The van der Waals surface area contributed by atoms with E-state index in [1.54, 1.807) is 6.20 Å². The van der Waals surface area contributed by atoms with Crippen molar-refractivity contribution in [3.8, 4) is 0 Å². The molecule has 1 aromatic carbocycles. The highest BCUT2D eigenvalue weighted by Crippen LogP contribution is 2.24. The van der Waals surface area contributed by atoms with E-state index in [0.29, 0.717) is 13.1 Å². The molecule has 0 saturated carbocycles. The first-order valence-electron chi connectivity index (χ1n) is 7.75. The summed E-state index contributed by atoms with van der Waals surface area (Å²) in [6.45, 7) is 6.06. The molecule has 3 rings (SSSR count). The average Bonchev–Trinajstić information content (AvgIpc) is 3.19. The van der Waals surface area contributed by atoms with Gasteiger partial charge in [-0.2, -0.15) is 5.10 Å². The molecule has 0 spiro atoms. The van der Waals surface area contributed by atoms with E-state index in [4.69, 9.17) is 4.42 Å². The normalized spacial score (nSPS) is 11.8. The lowest BCUT2D eigenvalue weighted by Gasteiger charge is -2.10. The van der Waals surface area contributed by atoms with Gasteiger partial charge in [0.15, 0.2) is 5.96 Å². The number of fused-ring (bicyclic) bond motifs is 1. The Bertz CT molecular complexity index is 789. The lowest BCUT2D eigenvalue weighted by molar-refractivity contribution is 0.534. The summed E-state index contributed by atoms with van der Waals surface area (Å²) >= 11 is 0. The molecular formula is C17H21N5O. The fourth-order valence-corrected chi connectivity index (χ4v) is 2.44. The molecule has 6 nitrogen and oxygen atoms in total. The summed E-state index contributed by atoms with van der Waals surface area (Å²) in [7, 11) is 0. The van der Waals surface area contributed by atoms with Crippen LogP contribution in [0.3, 0.4) is 0 Å². The minimum absolute atomic E-state index is 0.550. The second-order valence-corrected chi connectivity index (χ2v) is 5.28. The number of hydrogen-bond acceptors (Lipinski definition) is 3. The number of hydrogen-bond donors (Lipinski definition) is 3. The number of aromatic nitrogens is 2. The summed E-state index contributed by atoms with van der Waals surface area (Å²) in [5.74, 6) is 1.68. The molecular weight excluding hydrogens is 290 g/mol. The van der Waals surface area contributed by atoms with Crippen molar-refractivity contribution in [1.29, 1.82) is 0 Å². The van der Waals surface area contributed by atoms with E-state index < -0.39 is 0 Å². The van der Waals surface area contributed by atoms with E-state index in [1.807, 2.05) is 31.2 Å². The number of aliphatic imine (C=N–C) groups is 1. The molecule has 3 aromatic rings. The number of nitrogens with zero attached hydrogens (tertiary/aromatic N) is 2. The molecule has 6 heteroatoms. The van der Waals surface area contributed by atoms with Crippen LogP contribution in [0.5, 0.6) is 0 Å². The highest BCUT2D eigenvalue weighted by molar-refractivity contribution is 5.82. The Hall–Kier alpha value is -2.76. The van der Waals surface area contributed by atoms with Gasteiger partial charge in [0.1, 0.15) is 11.3 Å². The van der Waals surface area contributed by atoms with Crippen molar-refractivity contribution in [3.63, 3.8) is 0 Å². The van der Waals surface area contributed by atoms with E-state index in [-0.39, 0.29) is 0 Å². The van der Waals surface area contributed by atoms with Gasteiger partial charge in [-0.15, -0.1) is 0 Å². The molecule has 0 aliphatic carbocycles. The van der Waals surface area contributed by atoms with Gasteiger partial charge >= 0.3 is 0 Å². The average molecular weight is 311 g/mol. The number of benzene rings is 1. The maximum absolute atomic E-state index is 5.92. The summed E-state index contributed by atoms with van der Waals surface area (Å²) < 4.78 is 5.92. The zero-order valence-corrected chi connectivity index (χ0v) is 13.4. The Kier molecular flexibility index (Phi) is 4.61. The number of aromatic amines is 1. The summed E-state index contributed by atoms with van der Waals surface area (Å²) in [6.07, 6.45) is 1.73. The van der Waals surface area contributed by atoms with Crippen LogP contribution in [0.15, 0.2) is 45.9 Å². The van der Waals surface area contributed by atoms with Crippen molar-refractivity contribution < 1.29 is 4.42 Å². The lowest BCUT2D eigenvalue weighted by Crippen LogP contribution is -2.36. The maximum atomic E-state index is 5.92. The van der Waals surface area contributed by atoms with Crippen LogP contribution in [0.25, 0.3) is 11.0 Å². The van der Waals surface area contributed by atoms with Crippen LogP contribution >= 0.6 is 0 Å². The van der Waals surface area contributed by atoms with E-state index in [9.17, 15) is 0 Å². The van der Waals surface area contributed by atoms with Crippen molar-refractivity contribution in [2.45, 2.75) is 26.9 Å². The van der Waals surface area contributed by atoms with E-state index in [2.05, 4.69) is 38.8 Å². The van der Waals surface area contributed by atoms with E-state index >= 15 is 0 Å². The van der Waals surface area contributed by atoms with Gasteiger partial charge in [-0.3, -0.25) is 5.10 Å². The smallest absolute Gasteiger partial charge is 0.192 e. The first-order valence-corrected chi connectivity index (χ1v) is 7.75. The first-order chi connectivity index (χ1) is 11.3. The molecule has 120 valence electrons. The molecule has 0 fully saturated rings. The Morgan fingerprint density at radius 3 is 2.87 bits per heavy atom. The maximum Gasteiger partial charge on any atom is 0.192 e. The van der Waals surface area contributed by atoms with Crippen molar-refractivity contribution >= 4 is 16.9 Å². The van der Waals surface area contributed by atoms with Crippen molar-refractivity contribution in [3.05, 3.63) is 53.5 Å². The molecule has 0 aliphatic rings. The van der Waals surface area contributed by atoms with Crippen LogP contribution in [0.2, 0.25) is 0 Å². The van der Waals surface area contributed by atoms with Crippen LogP contribution in [0, 0.1) is 6.92 Å². The standard InChI is InChI=1S/C17H21N5O/c1-3-18-17(19-10-13-8-9-21-22-13)20-11-16-12(2)14-6-4-5-7-15(14)23-16/h4-9H,3,10-11H2,1-2H3,(H,21,22)(H2,18,19,20). The minimum atomic E-state index is 0.550. The monoisotopic (exact) mass is 311 g/mol. The van der Waals surface area contributed by atoms with Crippen LogP contribution in [0.4, 0.5) is 0 Å². The summed E-state index contributed by atoms with van der Waals surface area (Å²) in [5, 5.41) is 14.5. The number of H-pyrrole nitrogens is 1. The van der Waals surface area contributed by atoms with Gasteiger partial charge in [0.05, 0.1) is 18.8 Å². The summed E-state index contributed by atoms with van der Waals surface area (Å²) in [4.78, 5) is 4.54. The number of furan rings is 1. The molecule has 23 heavy (non-hydrogen) atoms. The van der Waals surface area contributed by atoms with Gasteiger partial charge in [-0.1, -0.05) is 18.2 Å². The first kappa shape index (κ1) is 15.1. The minimum Gasteiger partial charge on any atom is -0.459 e. The molecule has 3 N–H and O–H groups in total. The van der Waals surface area contributed by atoms with Gasteiger partial charge in [0.2, 0.25) is 0 Å². The lowest BCUT2D eigenvalue weighted by atomic mass is 10.1. The highest BCUT2D eigenvalue weighted by atomic mass is 16.3. The van der Waals surface area contributed by atoms with Crippen LogP contribution in [-0.2, 0) is 13.1 Å². The largest absolute Gasteiger partial charge is 0.459 e. The number of para-hydroxylation sites is 1. The quantitative estimate of drug-likeness (QED) is 0.500. The predicted molar refractivity (Wildman–Crippen MR) is 91.2 cm³/mol.